The van der Waals surface area contributed by atoms with Gasteiger partial charge in [-0.2, -0.15) is 4.72 Å². The fourth-order valence-corrected chi connectivity index (χ4v) is 3.52. The van der Waals surface area contributed by atoms with Crippen molar-refractivity contribution in [1.29, 1.82) is 0 Å². The van der Waals surface area contributed by atoms with E-state index in [0.717, 1.165) is 0 Å². The fraction of sp³-hybridized carbons (Fsp3) is 0.211. The third-order valence-corrected chi connectivity index (χ3v) is 5.30. The third kappa shape index (κ3) is 7.14. The van der Waals surface area contributed by atoms with E-state index in [2.05, 4.69) is 15.4 Å². The Bertz CT molecular complexity index is 1040. The molecule has 0 bridgehead atoms. The second-order valence-corrected chi connectivity index (χ2v) is 8.37. The topological polar surface area (TPSA) is 131 Å². The zero-order valence-corrected chi connectivity index (χ0v) is 17.7. The van der Waals surface area contributed by atoms with Gasteiger partial charge in [0.05, 0.1) is 4.90 Å². The van der Waals surface area contributed by atoms with Gasteiger partial charge in [-0.3, -0.25) is 14.4 Å². The van der Waals surface area contributed by atoms with Gasteiger partial charge >= 0.3 is 5.97 Å². The molecule has 0 spiro atoms. The molecule has 0 aromatic heterocycles. The van der Waals surface area contributed by atoms with Crippen molar-refractivity contribution < 1.29 is 27.5 Å². The molecular weight excluding hydrogens is 434 g/mol. The molecule has 2 aromatic rings. The summed E-state index contributed by atoms with van der Waals surface area (Å²) in [6.45, 7) is 2.07. The summed E-state index contributed by atoms with van der Waals surface area (Å²) in [7, 11) is -3.96. The van der Waals surface area contributed by atoms with Crippen molar-refractivity contribution >= 4 is 50.8 Å². The molecule has 1 atom stereocenters. The second-order valence-electron chi connectivity index (χ2n) is 6.16. The van der Waals surface area contributed by atoms with E-state index in [1.807, 2.05) is 0 Å². The number of carbonyl (C=O) groups excluding carboxylic acids is 3. The summed E-state index contributed by atoms with van der Waals surface area (Å²) < 4.78 is 31.4. The molecule has 160 valence electrons. The van der Waals surface area contributed by atoms with Gasteiger partial charge in [-0.1, -0.05) is 17.7 Å². The summed E-state index contributed by atoms with van der Waals surface area (Å²) in [6, 6.07) is 11.9. The minimum absolute atomic E-state index is 0.101. The van der Waals surface area contributed by atoms with Gasteiger partial charge in [-0.05, 0) is 49.4 Å². The van der Waals surface area contributed by atoms with Crippen molar-refractivity contribution in [3.63, 3.8) is 0 Å². The molecule has 2 amide bonds. The van der Waals surface area contributed by atoms with Crippen LogP contribution in [0.2, 0.25) is 5.02 Å². The van der Waals surface area contributed by atoms with Crippen LogP contribution < -0.4 is 15.4 Å². The minimum Gasteiger partial charge on any atom is -0.452 e. The maximum atomic E-state index is 12.2. The Labute approximate surface area is 178 Å². The maximum Gasteiger partial charge on any atom is 0.321 e. The van der Waals surface area contributed by atoms with Gasteiger partial charge in [0.15, 0.2) is 6.10 Å². The molecule has 0 heterocycles. The molecule has 2 aromatic carbocycles. The van der Waals surface area contributed by atoms with Crippen LogP contribution in [-0.4, -0.2) is 38.9 Å². The van der Waals surface area contributed by atoms with Gasteiger partial charge in [0.1, 0.15) is 6.54 Å². The predicted octanol–water partition coefficient (Wildman–Crippen LogP) is 2.15. The van der Waals surface area contributed by atoms with E-state index < -0.39 is 34.5 Å². The van der Waals surface area contributed by atoms with Gasteiger partial charge < -0.3 is 15.4 Å². The average Bonchev–Trinajstić information content (AvgIpc) is 2.67. The number of nitrogens with one attached hydrogen (secondary N) is 3. The Balaban J connectivity index is 1.86. The number of sulfonamides is 1. The van der Waals surface area contributed by atoms with Crippen molar-refractivity contribution in [2.75, 3.05) is 17.2 Å². The molecular formula is C19H20ClN3O6S. The van der Waals surface area contributed by atoms with Crippen molar-refractivity contribution in [1.82, 2.24) is 4.72 Å². The first-order valence-electron chi connectivity index (χ1n) is 8.70. The molecule has 0 fully saturated rings. The normalized spacial score (nSPS) is 12.0. The highest BCUT2D eigenvalue weighted by atomic mass is 35.5. The number of rotatable bonds is 8. The summed E-state index contributed by atoms with van der Waals surface area (Å²) in [5.41, 5.74) is 0.991. The summed E-state index contributed by atoms with van der Waals surface area (Å²) in [6.07, 6.45) is -1.16. The van der Waals surface area contributed by atoms with Crippen molar-refractivity contribution in [3.05, 3.63) is 53.6 Å². The number of amides is 2. The number of hydrogen-bond acceptors (Lipinski definition) is 6. The summed E-state index contributed by atoms with van der Waals surface area (Å²) in [5.74, 6) is -1.75. The largest absolute Gasteiger partial charge is 0.452 e. The number of ether oxygens (including phenoxy) is 1. The summed E-state index contributed by atoms with van der Waals surface area (Å²) in [5, 5.41) is 5.37. The van der Waals surface area contributed by atoms with Crippen LogP contribution in [-0.2, 0) is 29.1 Å². The van der Waals surface area contributed by atoms with Gasteiger partial charge in [-0.15, -0.1) is 0 Å². The van der Waals surface area contributed by atoms with Crippen molar-refractivity contribution in [3.8, 4) is 0 Å². The number of halogens is 1. The van der Waals surface area contributed by atoms with Gasteiger partial charge in [0, 0.05) is 23.3 Å². The molecule has 0 saturated carbocycles. The highest BCUT2D eigenvalue weighted by Crippen LogP contribution is 2.15. The van der Waals surface area contributed by atoms with Crippen LogP contribution in [0.15, 0.2) is 53.4 Å². The number of carbonyl (C=O) groups is 3. The average molecular weight is 454 g/mol. The molecule has 0 radical (unpaired) electrons. The molecule has 9 nitrogen and oxygen atoms in total. The second kappa shape index (κ2) is 10.2. The van der Waals surface area contributed by atoms with E-state index in [4.69, 9.17) is 16.3 Å². The zero-order chi connectivity index (χ0) is 22.3. The van der Waals surface area contributed by atoms with E-state index in [1.54, 1.807) is 24.3 Å². The standard InChI is InChI=1S/C19H20ClN3O6S/c1-12(19(26)23-16-8-6-15(7-9-16)22-13(2)24)29-18(25)11-21-30(27,28)17-5-3-4-14(20)10-17/h3-10,12,21H,11H2,1-2H3,(H,22,24)(H,23,26)/t12-/m0/s1. The molecule has 11 heteroatoms. The first kappa shape index (κ1) is 23.3. The molecule has 0 saturated heterocycles. The van der Waals surface area contributed by atoms with Crippen LogP contribution in [0.5, 0.6) is 0 Å². The van der Waals surface area contributed by atoms with Crippen molar-refractivity contribution in [2.24, 2.45) is 0 Å². The lowest BCUT2D eigenvalue weighted by Gasteiger charge is -2.14. The zero-order valence-electron chi connectivity index (χ0n) is 16.1. The van der Waals surface area contributed by atoms with Crippen molar-refractivity contribution in [2.45, 2.75) is 24.8 Å². The van der Waals surface area contributed by atoms with E-state index in [9.17, 15) is 22.8 Å². The highest BCUT2D eigenvalue weighted by molar-refractivity contribution is 7.89. The smallest absolute Gasteiger partial charge is 0.321 e. The molecule has 0 aliphatic rings. The lowest BCUT2D eigenvalue weighted by atomic mass is 10.2. The number of benzene rings is 2. The van der Waals surface area contributed by atoms with E-state index in [0.29, 0.717) is 11.4 Å². The van der Waals surface area contributed by atoms with E-state index in [-0.39, 0.29) is 15.8 Å². The van der Waals surface area contributed by atoms with Crippen LogP contribution in [0.4, 0.5) is 11.4 Å². The molecule has 0 aliphatic carbocycles. The third-order valence-electron chi connectivity index (χ3n) is 3.66. The van der Waals surface area contributed by atoms with Crippen LogP contribution in [0.3, 0.4) is 0 Å². The Hall–Kier alpha value is -2.95. The lowest BCUT2D eigenvalue weighted by Crippen LogP contribution is -2.35. The first-order chi connectivity index (χ1) is 14.1. The molecule has 30 heavy (non-hydrogen) atoms. The number of esters is 1. The quantitative estimate of drug-likeness (QED) is 0.525. The Morgan fingerprint density at radius 3 is 2.20 bits per heavy atom. The molecule has 3 N–H and O–H groups in total. The Morgan fingerprint density at radius 1 is 1.03 bits per heavy atom. The predicted molar refractivity (Wildman–Crippen MR) is 112 cm³/mol. The SMILES string of the molecule is CC(=O)Nc1ccc(NC(=O)[C@H](C)OC(=O)CNS(=O)(=O)c2cccc(Cl)c2)cc1. The number of anilines is 2. The Kier molecular flexibility index (Phi) is 7.93. The highest BCUT2D eigenvalue weighted by Gasteiger charge is 2.21. The summed E-state index contributed by atoms with van der Waals surface area (Å²) in [4.78, 5) is 35.0. The molecule has 0 unspecified atom stereocenters. The minimum atomic E-state index is -3.96. The molecule has 2 rings (SSSR count). The van der Waals surface area contributed by atoms with Crippen LogP contribution >= 0.6 is 11.6 Å². The summed E-state index contributed by atoms with van der Waals surface area (Å²) >= 11 is 5.77. The maximum absolute atomic E-state index is 12.2. The Morgan fingerprint density at radius 2 is 1.63 bits per heavy atom. The van der Waals surface area contributed by atoms with E-state index in [1.165, 1.54) is 38.1 Å². The number of hydrogen-bond donors (Lipinski definition) is 3. The van der Waals surface area contributed by atoms with Crippen LogP contribution in [0.1, 0.15) is 13.8 Å². The lowest BCUT2D eigenvalue weighted by molar-refractivity contribution is -0.151. The van der Waals surface area contributed by atoms with Gasteiger partial charge in [-0.25, -0.2) is 8.42 Å². The van der Waals surface area contributed by atoms with Gasteiger partial charge in [0.25, 0.3) is 5.91 Å². The monoisotopic (exact) mass is 453 g/mol. The van der Waals surface area contributed by atoms with E-state index >= 15 is 0 Å². The van der Waals surface area contributed by atoms with Crippen LogP contribution in [0, 0.1) is 0 Å². The fourth-order valence-electron chi connectivity index (χ4n) is 2.25. The first-order valence-corrected chi connectivity index (χ1v) is 10.6. The van der Waals surface area contributed by atoms with Crippen LogP contribution in [0.25, 0.3) is 0 Å². The van der Waals surface area contributed by atoms with Gasteiger partial charge in [0.2, 0.25) is 15.9 Å². The molecule has 0 aliphatic heterocycles.